The highest BCUT2D eigenvalue weighted by Crippen LogP contribution is 2.20. The summed E-state index contributed by atoms with van der Waals surface area (Å²) in [6.45, 7) is -0.0984. The minimum Gasteiger partial charge on any atom is -0.465 e. The number of ether oxygens (including phenoxy) is 1. The first-order chi connectivity index (χ1) is 9.33. The number of halogens is 3. The molecule has 0 spiro atoms. The zero-order valence-corrected chi connectivity index (χ0v) is 10.7. The minimum atomic E-state index is -4.23. The molecule has 1 aromatic heterocycles. The van der Waals surface area contributed by atoms with Crippen molar-refractivity contribution < 1.29 is 27.5 Å². The van der Waals surface area contributed by atoms with Crippen LogP contribution in [0.25, 0.3) is 0 Å². The van der Waals surface area contributed by atoms with Gasteiger partial charge in [-0.1, -0.05) is 0 Å². The largest absolute Gasteiger partial charge is 0.465 e. The van der Waals surface area contributed by atoms with E-state index in [1.54, 1.807) is 0 Å². The standard InChI is InChI=1S/C12H13F3N2O3/c1-20-11(19)8-3-4-9(17-7-8)10(18)16-6-2-5-12(13,14)15/h3-4,7H,2,5-6H2,1H3,(H,16,18). The smallest absolute Gasteiger partial charge is 0.389 e. The van der Waals surface area contributed by atoms with E-state index in [2.05, 4.69) is 15.0 Å². The normalized spacial score (nSPS) is 11.0. The summed E-state index contributed by atoms with van der Waals surface area (Å²) in [5.74, 6) is -1.18. The lowest BCUT2D eigenvalue weighted by Gasteiger charge is -2.07. The Labute approximate surface area is 113 Å². The first-order valence-electron chi connectivity index (χ1n) is 5.73. The van der Waals surface area contributed by atoms with E-state index in [0.717, 1.165) is 6.20 Å². The van der Waals surface area contributed by atoms with Crippen LogP contribution in [0, 0.1) is 0 Å². The summed E-state index contributed by atoms with van der Waals surface area (Å²) < 4.78 is 40.1. The Hall–Kier alpha value is -2.12. The molecule has 0 radical (unpaired) electrons. The Balaban J connectivity index is 2.46. The number of hydrogen-bond acceptors (Lipinski definition) is 4. The Bertz CT molecular complexity index is 472. The van der Waals surface area contributed by atoms with Crippen molar-refractivity contribution >= 4 is 11.9 Å². The highest BCUT2D eigenvalue weighted by atomic mass is 19.4. The predicted octanol–water partition coefficient (Wildman–Crippen LogP) is 1.94. The van der Waals surface area contributed by atoms with Gasteiger partial charge in [0.25, 0.3) is 5.91 Å². The Morgan fingerprint density at radius 1 is 1.35 bits per heavy atom. The van der Waals surface area contributed by atoms with E-state index in [-0.39, 0.29) is 24.2 Å². The van der Waals surface area contributed by atoms with E-state index in [1.807, 2.05) is 0 Å². The van der Waals surface area contributed by atoms with Crippen LogP contribution in [0.15, 0.2) is 18.3 Å². The van der Waals surface area contributed by atoms with Crippen LogP contribution in [-0.4, -0.2) is 36.7 Å². The quantitative estimate of drug-likeness (QED) is 0.664. The first kappa shape index (κ1) is 15.9. The highest BCUT2D eigenvalue weighted by molar-refractivity contribution is 5.94. The summed E-state index contributed by atoms with van der Waals surface area (Å²) in [6, 6.07) is 2.65. The highest BCUT2D eigenvalue weighted by Gasteiger charge is 2.26. The summed E-state index contributed by atoms with van der Waals surface area (Å²) in [5, 5.41) is 2.32. The molecule has 0 unspecified atom stereocenters. The molecule has 1 heterocycles. The summed E-state index contributed by atoms with van der Waals surface area (Å²) in [5.41, 5.74) is 0.200. The molecule has 0 atom stereocenters. The second-order valence-electron chi connectivity index (χ2n) is 3.90. The molecule has 5 nitrogen and oxygen atoms in total. The monoisotopic (exact) mass is 290 g/mol. The summed E-state index contributed by atoms with van der Waals surface area (Å²) in [7, 11) is 1.21. The maximum atomic E-state index is 11.9. The van der Waals surface area contributed by atoms with Crippen molar-refractivity contribution in [2.24, 2.45) is 0 Å². The number of nitrogens with zero attached hydrogens (tertiary/aromatic N) is 1. The zero-order chi connectivity index (χ0) is 15.2. The van der Waals surface area contributed by atoms with E-state index in [4.69, 9.17) is 0 Å². The third-order valence-corrected chi connectivity index (χ3v) is 2.34. The van der Waals surface area contributed by atoms with Crippen LogP contribution in [0.1, 0.15) is 33.7 Å². The third-order valence-electron chi connectivity index (χ3n) is 2.34. The summed E-state index contributed by atoms with van der Waals surface area (Å²) in [4.78, 5) is 26.4. The molecule has 0 bridgehead atoms. The van der Waals surface area contributed by atoms with Gasteiger partial charge in [-0.25, -0.2) is 4.79 Å². The molecule has 0 saturated carbocycles. The molecule has 1 N–H and O–H groups in total. The van der Waals surface area contributed by atoms with Gasteiger partial charge in [-0.3, -0.25) is 9.78 Å². The number of nitrogens with one attached hydrogen (secondary N) is 1. The molecule has 110 valence electrons. The van der Waals surface area contributed by atoms with Crippen molar-refractivity contribution in [2.75, 3.05) is 13.7 Å². The number of hydrogen-bond donors (Lipinski definition) is 1. The maximum Gasteiger partial charge on any atom is 0.389 e. The van der Waals surface area contributed by atoms with Crippen molar-refractivity contribution in [3.8, 4) is 0 Å². The lowest BCUT2D eigenvalue weighted by Crippen LogP contribution is -2.26. The molecule has 8 heteroatoms. The fourth-order valence-electron chi connectivity index (χ4n) is 1.35. The SMILES string of the molecule is COC(=O)c1ccc(C(=O)NCCCC(F)(F)F)nc1. The number of carbonyl (C=O) groups is 2. The number of rotatable bonds is 5. The van der Waals surface area contributed by atoms with E-state index < -0.39 is 24.5 Å². The fraction of sp³-hybridized carbons (Fsp3) is 0.417. The molecule has 0 aliphatic carbocycles. The second-order valence-corrected chi connectivity index (χ2v) is 3.90. The molecule has 1 aromatic rings. The third kappa shape index (κ3) is 5.25. The lowest BCUT2D eigenvalue weighted by molar-refractivity contribution is -0.135. The molecule has 0 aliphatic rings. The van der Waals surface area contributed by atoms with Crippen LogP contribution in [0.5, 0.6) is 0 Å². The van der Waals surface area contributed by atoms with Crippen molar-refractivity contribution in [3.63, 3.8) is 0 Å². The Kier molecular flexibility index (Phi) is 5.48. The van der Waals surface area contributed by atoms with Gasteiger partial charge < -0.3 is 10.1 Å². The zero-order valence-electron chi connectivity index (χ0n) is 10.7. The minimum absolute atomic E-state index is 0.0182. The van der Waals surface area contributed by atoms with Gasteiger partial charge in [-0.05, 0) is 18.6 Å². The second kappa shape index (κ2) is 6.88. The number of amides is 1. The summed E-state index contributed by atoms with van der Waals surface area (Å²) >= 11 is 0. The number of aromatic nitrogens is 1. The number of pyridine rings is 1. The van der Waals surface area contributed by atoms with Crippen molar-refractivity contribution in [1.82, 2.24) is 10.3 Å². The van der Waals surface area contributed by atoms with Gasteiger partial charge in [0.15, 0.2) is 0 Å². The first-order valence-corrected chi connectivity index (χ1v) is 5.73. The van der Waals surface area contributed by atoms with Crippen LogP contribution >= 0.6 is 0 Å². The van der Waals surface area contributed by atoms with Gasteiger partial charge in [0.2, 0.25) is 0 Å². The average molecular weight is 290 g/mol. The molecule has 0 aromatic carbocycles. The molecule has 0 saturated heterocycles. The topological polar surface area (TPSA) is 68.3 Å². The number of carbonyl (C=O) groups excluding carboxylic acids is 2. The van der Waals surface area contributed by atoms with Crippen molar-refractivity contribution in [1.29, 1.82) is 0 Å². The van der Waals surface area contributed by atoms with Crippen LogP contribution in [0.2, 0.25) is 0 Å². The van der Waals surface area contributed by atoms with Gasteiger partial charge in [-0.2, -0.15) is 13.2 Å². The van der Waals surface area contributed by atoms with Gasteiger partial charge in [-0.15, -0.1) is 0 Å². The van der Waals surface area contributed by atoms with Crippen LogP contribution in [0.3, 0.4) is 0 Å². The average Bonchev–Trinajstić information content (AvgIpc) is 2.41. The molecular formula is C12H13F3N2O3. The number of alkyl halides is 3. The lowest BCUT2D eigenvalue weighted by atomic mass is 10.2. The fourth-order valence-corrected chi connectivity index (χ4v) is 1.35. The van der Waals surface area contributed by atoms with Gasteiger partial charge >= 0.3 is 12.1 Å². The van der Waals surface area contributed by atoms with Crippen molar-refractivity contribution in [2.45, 2.75) is 19.0 Å². The van der Waals surface area contributed by atoms with Crippen LogP contribution in [-0.2, 0) is 4.74 Å². The Morgan fingerprint density at radius 3 is 2.55 bits per heavy atom. The van der Waals surface area contributed by atoms with Crippen molar-refractivity contribution in [3.05, 3.63) is 29.6 Å². The molecule has 0 aliphatic heterocycles. The number of methoxy groups -OCH3 is 1. The molecular weight excluding hydrogens is 277 g/mol. The maximum absolute atomic E-state index is 11.9. The molecule has 20 heavy (non-hydrogen) atoms. The van der Waals surface area contributed by atoms with Crippen LogP contribution in [0.4, 0.5) is 13.2 Å². The van der Waals surface area contributed by atoms with E-state index in [0.29, 0.717) is 0 Å². The summed E-state index contributed by atoms with van der Waals surface area (Å²) in [6.07, 6.45) is -4.22. The number of esters is 1. The van der Waals surface area contributed by atoms with Gasteiger partial charge in [0, 0.05) is 19.2 Å². The van der Waals surface area contributed by atoms with Gasteiger partial charge in [0.1, 0.15) is 5.69 Å². The van der Waals surface area contributed by atoms with Crippen LogP contribution < -0.4 is 5.32 Å². The predicted molar refractivity (Wildman–Crippen MR) is 63.2 cm³/mol. The molecule has 0 fully saturated rings. The van der Waals surface area contributed by atoms with E-state index in [1.165, 1.54) is 19.2 Å². The van der Waals surface area contributed by atoms with E-state index in [9.17, 15) is 22.8 Å². The van der Waals surface area contributed by atoms with Gasteiger partial charge in [0.05, 0.1) is 12.7 Å². The molecule has 1 amide bonds. The van der Waals surface area contributed by atoms with E-state index >= 15 is 0 Å². The molecule has 1 rings (SSSR count). The Morgan fingerprint density at radius 2 is 2.05 bits per heavy atom.